The molecule has 0 bridgehead atoms. The quantitative estimate of drug-likeness (QED) is 0.720. The van der Waals surface area contributed by atoms with Crippen LogP contribution in [0.5, 0.6) is 0 Å². The molecule has 1 unspecified atom stereocenters. The molecule has 0 aromatic heterocycles. The summed E-state index contributed by atoms with van der Waals surface area (Å²) < 4.78 is 0. The van der Waals surface area contributed by atoms with Crippen molar-refractivity contribution >= 4 is 0 Å². The molecule has 2 aliphatic rings. The Morgan fingerprint density at radius 3 is 2.06 bits per heavy atom. The van der Waals surface area contributed by atoms with Crippen LogP contribution in [0.25, 0.3) is 0 Å². The van der Waals surface area contributed by atoms with Gasteiger partial charge >= 0.3 is 0 Å². The molecular formula is C14H28N2. The van der Waals surface area contributed by atoms with Crippen molar-refractivity contribution in [2.75, 3.05) is 6.54 Å². The van der Waals surface area contributed by atoms with Gasteiger partial charge in [0, 0.05) is 0 Å². The highest BCUT2D eigenvalue weighted by atomic mass is 15.0. The van der Waals surface area contributed by atoms with Crippen LogP contribution in [-0.2, 0) is 0 Å². The number of rotatable bonds is 4. The van der Waals surface area contributed by atoms with Crippen molar-refractivity contribution in [2.24, 2.45) is 17.6 Å². The highest BCUT2D eigenvalue weighted by Crippen LogP contribution is 2.26. The zero-order chi connectivity index (χ0) is 11.2. The third kappa shape index (κ3) is 3.74. The molecule has 1 atom stereocenters. The summed E-state index contributed by atoms with van der Waals surface area (Å²) in [5.74, 6) is 1.65. The maximum absolute atomic E-state index is 6.25. The third-order valence-electron chi connectivity index (χ3n) is 4.52. The molecule has 0 aromatic rings. The second kappa shape index (κ2) is 6.61. The first-order valence-electron chi connectivity index (χ1n) is 7.35. The van der Waals surface area contributed by atoms with Gasteiger partial charge in [0.05, 0.1) is 6.17 Å². The highest BCUT2D eigenvalue weighted by molar-refractivity contribution is 4.77. The average Bonchev–Trinajstić information content (AvgIpc) is 2.38. The second-order valence-corrected chi connectivity index (χ2v) is 5.84. The topological polar surface area (TPSA) is 38.0 Å². The molecule has 3 N–H and O–H groups in total. The Morgan fingerprint density at radius 1 is 0.875 bits per heavy atom. The van der Waals surface area contributed by atoms with Crippen molar-refractivity contribution in [3.05, 3.63) is 0 Å². The molecule has 2 aliphatic carbocycles. The molecule has 2 heteroatoms. The van der Waals surface area contributed by atoms with Gasteiger partial charge in [-0.1, -0.05) is 38.5 Å². The van der Waals surface area contributed by atoms with Gasteiger partial charge in [0.25, 0.3) is 0 Å². The standard InChI is InChI=1S/C14H28N2/c15-14(13-9-5-2-6-10-13)16-11-12-7-3-1-4-8-12/h12-14,16H,1-11,15H2. The van der Waals surface area contributed by atoms with E-state index in [1.54, 1.807) is 0 Å². The molecule has 0 aliphatic heterocycles. The van der Waals surface area contributed by atoms with E-state index in [2.05, 4.69) is 5.32 Å². The lowest BCUT2D eigenvalue weighted by atomic mass is 9.86. The first-order valence-corrected chi connectivity index (χ1v) is 7.35. The Hall–Kier alpha value is -0.0800. The summed E-state index contributed by atoms with van der Waals surface area (Å²) in [5.41, 5.74) is 6.25. The molecule has 0 heterocycles. The fourth-order valence-electron chi connectivity index (χ4n) is 3.35. The first kappa shape index (κ1) is 12.4. The van der Waals surface area contributed by atoms with E-state index in [0.29, 0.717) is 0 Å². The minimum Gasteiger partial charge on any atom is -0.316 e. The predicted molar refractivity (Wildman–Crippen MR) is 69.1 cm³/mol. The Balaban J connectivity index is 1.63. The van der Waals surface area contributed by atoms with E-state index in [0.717, 1.165) is 18.4 Å². The lowest BCUT2D eigenvalue weighted by Crippen LogP contribution is -2.46. The van der Waals surface area contributed by atoms with Gasteiger partial charge in [-0.3, -0.25) is 0 Å². The maximum atomic E-state index is 6.25. The Kier molecular flexibility index (Phi) is 5.11. The van der Waals surface area contributed by atoms with Gasteiger partial charge in [0.15, 0.2) is 0 Å². The van der Waals surface area contributed by atoms with E-state index in [1.807, 2.05) is 0 Å². The van der Waals surface area contributed by atoms with Crippen LogP contribution in [0.1, 0.15) is 64.2 Å². The Labute approximate surface area is 100 Å². The summed E-state index contributed by atoms with van der Waals surface area (Å²) in [5, 5.41) is 3.60. The first-order chi connectivity index (χ1) is 7.86. The van der Waals surface area contributed by atoms with Crippen LogP contribution in [0.4, 0.5) is 0 Å². The van der Waals surface area contributed by atoms with E-state index in [-0.39, 0.29) is 6.17 Å². The van der Waals surface area contributed by atoms with Crippen LogP contribution >= 0.6 is 0 Å². The van der Waals surface area contributed by atoms with Gasteiger partial charge in [-0.2, -0.15) is 0 Å². The largest absolute Gasteiger partial charge is 0.316 e. The summed E-state index contributed by atoms with van der Waals surface area (Å²) in [7, 11) is 0. The molecule has 0 saturated heterocycles. The zero-order valence-corrected chi connectivity index (χ0v) is 10.6. The van der Waals surface area contributed by atoms with Gasteiger partial charge in [0.2, 0.25) is 0 Å². The normalized spacial score (nSPS) is 26.8. The van der Waals surface area contributed by atoms with Gasteiger partial charge in [-0.05, 0) is 44.1 Å². The van der Waals surface area contributed by atoms with Gasteiger partial charge in [-0.15, -0.1) is 0 Å². The molecule has 2 saturated carbocycles. The molecule has 0 spiro atoms. The minimum absolute atomic E-state index is 0.266. The lowest BCUT2D eigenvalue weighted by molar-refractivity contribution is 0.249. The second-order valence-electron chi connectivity index (χ2n) is 5.84. The molecule has 0 amide bonds. The van der Waals surface area contributed by atoms with E-state index < -0.39 is 0 Å². The smallest absolute Gasteiger partial charge is 0.0575 e. The number of nitrogens with two attached hydrogens (primary N) is 1. The molecule has 94 valence electrons. The lowest BCUT2D eigenvalue weighted by Gasteiger charge is -2.30. The number of hydrogen-bond acceptors (Lipinski definition) is 2. The van der Waals surface area contributed by atoms with Crippen molar-refractivity contribution in [2.45, 2.75) is 70.4 Å². The number of nitrogens with one attached hydrogen (secondary N) is 1. The minimum atomic E-state index is 0.266. The third-order valence-corrected chi connectivity index (χ3v) is 4.52. The van der Waals surface area contributed by atoms with E-state index in [4.69, 9.17) is 5.73 Å². The van der Waals surface area contributed by atoms with Gasteiger partial charge in [0.1, 0.15) is 0 Å². The van der Waals surface area contributed by atoms with Crippen LogP contribution in [0, 0.1) is 11.8 Å². The van der Waals surface area contributed by atoms with E-state index >= 15 is 0 Å². The predicted octanol–water partition coefficient (Wildman–Crippen LogP) is 3.02. The van der Waals surface area contributed by atoms with Gasteiger partial charge < -0.3 is 11.1 Å². The Bertz CT molecular complexity index is 181. The summed E-state index contributed by atoms with van der Waals surface area (Å²) in [6.07, 6.45) is 14.3. The molecule has 16 heavy (non-hydrogen) atoms. The SMILES string of the molecule is NC(NCC1CCCCC1)C1CCCCC1. The monoisotopic (exact) mass is 224 g/mol. The fourth-order valence-corrected chi connectivity index (χ4v) is 3.35. The number of hydrogen-bond donors (Lipinski definition) is 2. The molecule has 0 aromatic carbocycles. The summed E-state index contributed by atoms with van der Waals surface area (Å²) in [6, 6.07) is 0. The summed E-state index contributed by atoms with van der Waals surface area (Å²) in [6.45, 7) is 1.16. The zero-order valence-electron chi connectivity index (χ0n) is 10.6. The maximum Gasteiger partial charge on any atom is 0.0575 e. The van der Waals surface area contributed by atoms with Crippen molar-refractivity contribution in [3.8, 4) is 0 Å². The van der Waals surface area contributed by atoms with Crippen LogP contribution in [-0.4, -0.2) is 12.7 Å². The van der Waals surface area contributed by atoms with Crippen molar-refractivity contribution in [3.63, 3.8) is 0 Å². The van der Waals surface area contributed by atoms with Crippen LogP contribution in [0.15, 0.2) is 0 Å². The Morgan fingerprint density at radius 2 is 1.44 bits per heavy atom. The molecule has 2 fully saturated rings. The summed E-state index contributed by atoms with van der Waals surface area (Å²) in [4.78, 5) is 0. The van der Waals surface area contributed by atoms with Crippen LogP contribution in [0.3, 0.4) is 0 Å². The average molecular weight is 224 g/mol. The van der Waals surface area contributed by atoms with E-state index in [9.17, 15) is 0 Å². The molecule has 2 nitrogen and oxygen atoms in total. The summed E-state index contributed by atoms with van der Waals surface area (Å²) >= 11 is 0. The molecular weight excluding hydrogens is 196 g/mol. The van der Waals surface area contributed by atoms with E-state index in [1.165, 1.54) is 64.2 Å². The van der Waals surface area contributed by atoms with Crippen LogP contribution in [0.2, 0.25) is 0 Å². The molecule has 0 radical (unpaired) electrons. The van der Waals surface area contributed by atoms with Gasteiger partial charge in [-0.25, -0.2) is 0 Å². The van der Waals surface area contributed by atoms with Crippen molar-refractivity contribution < 1.29 is 0 Å². The van der Waals surface area contributed by atoms with Crippen LogP contribution < -0.4 is 11.1 Å². The van der Waals surface area contributed by atoms with Crippen molar-refractivity contribution in [1.82, 2.24) is 5.32 Å². The highest BCUT2D eigenvalue weighted by Gasteiger charge is 2.21. The van der Waals surface area contributed by atoms with Crippen molar-refractivity contribution in [1.29, 1.82) is 0 Å². The fraction of sp³-hybridized carbons (Fsp3) is 1.00. The molecule has 2 rings (SSSR count).